The average molecular weight is 207 g/mol. The SMILES string of the molecule is N.[AlH3].[AsH3].[Fe].[MgH2]. The second-order valence-corrected chi connectivity index (χ2v) is 0. The summed E-state index contributed by atoms with van der Waals surface area (Å²) in [5.41, 5.74) is 0. The zero-order valence-electron chi connectivity index (χ0n) is 1.77. The minimum Gasteiger partial charge on any atom is 0 e. The molecule has 0 aromatic rings. The third kappa shape index (κ3) is 21.8. The first-order valence-corrected chi connectivity index (χ1v) is 0. The van der Waals surface area contributed by atoms with Gasteiger partial charge in [-0.1, -0.05) is 0 Å². The van der Waals surface area contributed by atoms with E-state index in [1.54, 1.807) is 0 Å². The van der Waals surface area contributed by atoms with Gasteiger partial charge in [0.05, 0.1) is 0 Å². The van der Waals surface area contributed by atoms with E-state index in [4.69, 9.17) is 0 Å². The van der Waals surface area contributed by atoms with Crippen molar-refractivity contribution in [1.29, 1.82) is 0 Å². The molecule has 5 heavy (non-hydrogen) atoms. The largest absolute Gasteiger partial charge is 0.316 e. The molecule has 0 aromatic heterocycles. The van der Waals surface area contributed by atoms with Crippen LogP contribution in [0.5, 0.6) is 0 Å². The molecule has 5 heteroatoms. The van der Waals surface area contributed by atoms with E-state index >= 15 is 0 Å². The van der Waals surface area contributed by atoms with Gasteiger partial charge in [0, 0.05) is 17.1 Å². The van der Waals surface area contributed by atoms with Gasteiger partial charge in [0.1, 0.15) is 0 Å². The summed E-state index contributed by atoms with van der Waals surface area (Å²) >= 11 is 0. The van der Waals surface area contributed by atoms with Gasteiger partial charge in [-0.15, -0.1) is 0 Å². The molecule has 1 unspecified atom stereocenters. The molecule has 0 bridgehead atoms. The smallest absolute Gasteiger partial charge is 0 e. The van der Waals surface area contributed by atoms with E-state index in [1.165, 1.54) is 0 Å². The third-order valence-electron chi connectivity index (χ3n) is 0. The van der Waals surface area contributed by atoms with Gasteiger partial charge in [-0.05, 0) is 0 Å². The van der Waals surface area contributed by atoms with E-state index in [0.29, 0.717) is 0 Å². The summed E-state index contributed by atoms with van der Waals surface area (Å²) in [7, 11) is 0. The fourth-order valence-corrected chi connectivity index (χ4v) is 0. The summed E-state index contributed by atoms with van der Waals surface area (Å²) in [6.45, 7) is 0. The topological polar surface area (TPSA) is 35.0 Å². The number of hydrogen-bond acceptors (Lipinski definition) is 1. The van der Waals surface area contributed by atoms with Crippen LogP contribution in [-0.2, 0) is 17.1 Å². The minimum absolute atomic E-state index is 0. The molecule has 34 valence electrons. The zero-order valence-corrected chi connectivity index (χ0v) is 5.84. The van der Waals surface area contributed by atoms with Gasteiger partial charge < -0.3 is 6.15 Å². The Morgan fingerprint density at radius 3 is 1.00 bits per heavy atom. The minimum atomic E-state index is 0. The van der Waals surface area contributed by atoms with Crippen molar-refractivity contribution in [2.45, 2.75) is 0 Å². The van der Waals surface area contributed by atoms with Crippen LogP contribution in [0.15, 0.2) is 0 Å². The normalized spacial score (nSPS) is 0. The van der Waals surface area contributed by atoms with Crippen molar-refractivity contribution in [3.8, 4) is 0 Å². The van der Waals surface area contributed by atoms with Gasteiger partial charge in [0.25, 0.3) is 0 Å². The van der Waals surface area contributed by atoms with Crippen LogP contribution in [0.1, 0.15) is 0 Å². The van der Waals surface area contributed by atoms with E-state index in [0.717, 1.165) is 0 Å². The van der Waals surface area contributed by atoms with Gasteiger partial charge in [0.15, 0.2) is 17.4 Å². The molecule has 0 radical (unpaired) electrons. The quantitative estimate of drug-likeness (QED) is 0.419. The summed E-state index contributed by atoms with van der Waals surface area (Å²) in [6, 6.07) is 0. The van der Waals surface area contributed by atoms with E-state index in [-0.39, 0.29) is 81.6 Å². The summed E-state index contributed by atoms with van der Waals surface area (Å²) < 4.78 is 0. The van der Waals surface area contributed by atoms with Crippen LogP contribution in [0.2, 0.25) is 0 Å². The molecule has 0 fully saturated rings. The van der Waals surface area contributed by atoms with Crippen molar-refractivity contribution < 1.29 is 17.1 Å². The van der Waals surface area contributed by atoms with Gasteiger partial charge >= 0.3 is 41.0 Å². The molecule has 3 N–H and O–H groups in total. The summed E-state index contributed by atoms with van der Waals surface area (Å²) in [4.78, 5) is 0. The standard InChI is InChI=1S/Al.AsH3.Fe.Mg.H3N.5H/h;1H3;;;1H3;;;;;. The Kier molecular flexibility index (Phi) is 357. The first-order chi connectivity index (χ1) is 0. The van der Waals surface area contributed by atoms with Crippen LogP contribution < -0.4 is 6.15 Å². The molecular formula is H11AlAsFeMgN. The molecule has 0 heterocycles. The molecule has 0 saturated carbocycles. The van der Waals surface area contributed by atoms with Crippen molar-refractivity contribution in [3.63, 3.8) is 0 Å². The van der Waals surface area contributed by atoms with E-state index < -0.39 is 0 Å². The second kappa shape index (κ2) is 33.1. The Balaban J connectivity index is 0. The molecule has 0 aliphatic carbocycles. The van der Waals surface area contributed by atoms with Crippen LogP contribution in [0.3, 0.4) is 0 Å². The number of hydrogen-bond donors (Lipinski definition) is 1. The van der Waals surface area contributed by atoms with Crippen molar-refractivity contribution in [2.24, 2.45) is 0 Å². The third-order valence-corrected chi connectivity index (χ3v) is 0. The summed E-state index contributed by atoms with van der Waals surface area (Å²) in [6.07, 6.45) is 0. The first-order valence-electron chi connectivity index (χ1n) is 0. The maximum Gasteiger partial charge on any atom is 0.316 e. The van der Waals surface area contributed by atoms with E-state index in [2.05, 4.69) is 0 Å². The van der Waals surface area contributed by atoms with E-state index in [1.807, 2.05) is 0 Å². The predicted molar refractivity (Wildman–Crippen MR) is 33.4 cm³/mol. The Bertz CT molecular complexity index is 11.6. The fourth-order valence-electron chi connectivity index (χ4n) is 0. The fraction of sp³-hybridized carbons (Fsp3) is 0. The molecule has 0 aliphatic rings. The molecule has 1 nitrogen and oxygen atoms in total. The first kappa shape index (κ1) is 54.0. The van der Waals surface area contributed by atoms with Crippen LogP contribution in [0, 0.1) is 0 Å². The second-order valence-electron chi connectivity index (χ2n) is 0. The van der Waals surface area contributed by atoms with Gasteiger partial charge in [-0.2, -0.15) is 0 Å². The molecule has 0 rings (SSSR count). The van der Waals surface area contributed by atoms with Gasteiger partial charge in [0.2, 0.25) is 0 Å². The van der Waals surface area contributed by atoms with Gasteiger partial charge in [-0.25, -0.2) is 0 Å². The molecular weight excluding hydrogens is 196 g/mol. The monoisotopic (exact) mass is 207 g/mol. The maximum atomic E-state index is 0. The summed E-state index contributed by atoms with van der Waals surface area (Å²) in [5.74, 6) is 0. The molecule has 1 atom stereocenters. The van der Waals surface area contributed by atoms with Crippen LogP contribution >= 0.6 is 0 Å². The van der Waals surface area contributed by atoms with Crippen LogP contribution in [0.25, 0.3) is 0 Å². The summed E-state index contributed by atoms with van der Waals surface area (Å²) in [5, 5.41) is 0. The van der Waals surface area contributed by atoms with Crippen molar-refractivity contribution in [3.05, 3.63) is 0 Å². The van der Waals surface area contributed by atoms with Crippen molar-refractivity contribution >= 4 is 58.4 Å². The van der Waals surface area contributed by atoms with Crippen LogP contribution in [0.4, 0.5) is 0 Å². The predicted octanol–water partition coefficient (Wildman–Crippen LogP) is -3.12. The molecule has 0 saturated heterocycles. The Labute approximate surface area is 80.7 Å². The average Bonchev–Trinajstić information content (AvgIpc) is 0. The van der Waals surface area contributed by atoms with Gasteiger partial charge in [-0.3, -0.25) is 0 Å². The Morgan fingerprint density at radius 1 is 1.00 bits per heavy atom. The molecule has 0 aromatic carbocycles. The van der Waals surface area contributed by atoms with Crippen molar-refractivity contribution in [1.82, 2.24) is 6.15 Å². The van der Waals surface area contributed by atoms with Crippen LogP contribution in [-0.4, -0.2) is 58.4 Å². The zero-order chi connectivity index (χ0) is 0. The Morgan fingerprint density at radius 2 is 1.00 bits per heavy atom. The van der Waals surface area contributed by atoms with E-state index in [9.17, 15) is 0 Å². The Hall–Kier alpha value is 2.34. The maximum absolute atomic E-state index is 0. The molecule has 0 spiro atoms. The number of rotatable bonds is 0. The molecule has 0 aliphatic heterocycles. The molecule has 0 amide bonds. The van der Waals surface area contributed by atoms with Crippen molar-refractivity contribution in [2.75, 3.05) is 0 Å².